The normalized spacial score (nSPS) is 14.5. The zero-order valence-corrected chi connectivity index (χ0v) is 12.7. The van der Waals surface area contributed by atoms with Gasteiger partial charge in [-0.05, 0) is 17.7 Å². The van der Waals surface area contributed by atoms with E-state index in [-0.39, 0.29) is 5.75 Å². The summed E-state index contributed by atoms with van der Waals surface area (Å²) in [5, 5.41) is 0. The molecule has 0 bridgehead atoms. The fourth-order valence-electron chi connectivity index (χ4n) is 2.89. The number of sulfonamides is 1. The number of anilines is 1. The van der Waals surface area contributed by atoms with E-state index < -0.39 is 10.0 Å². The molecule has 1 aliphatic rings. The van der Waals surface area contributed by atoms with Crippen LogP contribution in [0.4, 0.5) is 5.95 Å². The molecule has 22 heavy (non-hydrogen) atoms. The minimum atomic E-state index is -3.42. The van der Waals surface area contributed by atoms with Gasteiger partial charge in [0.2, 0.25) is 16.0 Å². The van der Waals surface area contributed by atoms with Gasteiger partial charge in [0, 0.05) is 6.54 Å². The molecule has 0 amide bonds. The van der Waals surface area contributed by atoms with Gasteiger partial charge in [0.25, 0.3) is 0 Å². The van der Waals surface area contributed by atoms with Gasteiger partial charge in [0.15, 0.2) is 0 Å². The first-order valence-corrected chi connectivity index (χ1v) is 8.76. The SMILES string of the molecule is O=S(=O)(Cc1ccccc1)N1CCn2c1nc1ccccc12. The smallest absolute Gasteiger partial charge is 0.241 e. The molecule has 0 N–H and O–H groups in total. The maximum atomic E-state index is 12.7. The van der Waals surface area contributed by atoms with Gasteiger partial charge in [-0.15, -0.1) is 0 Å². The van der Waals surface area contributed by atoms with E-state index in [1.165, 1.54) is 4.31 Å². The Labute approximate surface area is 128 Å². The van der Waals surface area contributed by atoms with Crippen LogP contribution in [0.2, 0.25) is 0 Å². The molecule has 1 aliphatic heterocycles. The lowest BCUT2D eigenvalue weighted by Crippen LogP contribution is -2.30. The zero-order chi connectivity index (χ0) is 15.2. The molecule has 0 saturated carbocycles. The molecule has 6 heteroatoms. The third kappa shape index (κ3) is 2.07. The highest BCUT2D eigenvalue weighted by atomic mass is 32.2. The Bertz CT molecular complexity index is 932. The Morgan fingerprint density at radius 3 is 2.50 bits per heavy atom. The second-order valence-electron chi connectivity index (χ2n) is 5.37. The van der Waals surface area contributed by atoms with Crippen molar-refractivity contribution in [2.45, 2.75) is 12.3 Å². The summed E-state index contributed by atoms with van der Waals surface area (Å²) >= 11 is 0. The summed E-state index contributed by atoms with van der Waals surface area (Å²) in [5.74, 6) is 0.522. The van der Waals surface area contributed by atoms with Crippen LogP contribution in [0.1, 0.15) is 5.56 Å². The molecule has 0 aliphatic carbocycles. The predicted molar refractivity (Wildman–Crippen MR) is 86.1 cm³/mol. The van der Waals surface area contributed by atoms with Crippen LogP contribution in [0.15, 0.2) is 54.6 Å². The molecule has 0 unspecified atom stereocenters. The average Bonchev–Trinajstić information content (AvgIpc) is 3.06. The lowest BCUT2D eigenvalue weighted by molar-refractivity contribution is 0.591. The predicted octanol–water partition coefficient (Wildman–Crippen LogP) is 2.39. The van der Waals surface area contributed by atoms with Gasteiger partial charge in [-0.2, -0.15) is 0 Å². The molecule has 112 valence electrons. The molecule has 0 radical (unpaired) electrons. The first kappa shape index (κ1) is 13.3. The van der Waals surface area contributed by atoms with Crippen LogP contribution in [-0.4, -0.2) is 24.5 Å². The second kappa shape index (κ2) is 4.84. The number of aromatic nitrogens is 2. The van der Waals surface area contributed by atoms with E-state index in [9.17, 15) is 8.42 Å². The topological polar surface area (TPSA) is 55.2 Å². The van der Waals surface area contributed by atoms with E-state index in [1.54, 1.807) is 0 Å². The lowest BCUT2D eigenvalue weighted by Gasteiger charge is -2.16. The maximum Gasteiger partial charge on any atom is 0.241 e. The van der Waals surface area contributed by atoms with Gasteiger partial charge >= 0.3 is 0 Å². The molecule has 1 aromatic heterocycles. The van der Waals surface area contributed by atoms with Crippen molar-refractivity contribution in [3.05, 3.63) is 60.2 Å². The molecule has 2 heterocycles. The first-order chi connectivity index (χ1) is 10.6. The summed E-state index contributed by atoms with van der Waals surface area (Å²) in [6.07, 6.45) is 0. The van der Waals surface area contributed by atoms with Gasteiger partial charge in [-0.3, -0.25) is 0 Å². The third-order valence-corrected chi connectivity index (χ3v) is 5.63. The van der Waals surface area contributed by atoms with E-state index in [2.05, 4.69) is 4.98 Å². The van der Waals surface area contributed by atoms with E-state index in [0.717, 1.165) is 16.6 Å². The van der Waals surface area contributed by atoms with Gasteiger partial charge in [0.1, 0.15) is 0 Å². The first-order valence-electron chi connectivity index (χ1n) is 7.15. The summed E-state index contributed by atoms with van der Waals surface area (Å²) in [7, 11) is -3.42. The molecule has 0 fully saturated rings. The van der Waals surface area contributed by atoms with Crippen LogP contribution < -0.4 is 4.31 Å². The van der Waals surface area contributed by atoms with Gasteiger partial charge in [0.05, 0.1) is 23.3 Å². The molecule has 0 spiro atoms. The highest BCUT2D eigenvalue weighted by Gasteiger charge is 2.32. The number of benzene rings is 2. The highest BCUT2D eigenvalue weighted by molar-refractivity contribution is 7.92. The van der Waals surface area contributed by atoms with Crippen molar-refractivity contribution in [1.29, 1.82) is 0 Å². The van der Waals surface area contributed by atoms with E-state index in [1.807, 2.05) is 59.2 Å². The minimum Gasteiger partial charge on any atom is -0.307 e. The van der Waals surface area contributed by atoms with Crippen LogP contribution in [0.3, 0.4) is 0 Å². The van der Waals surface area contributed by atoms with Crippen molar-refractivity contribution in [3.8, 4) is 0 Å². The molecule has 5 nitrogen and oxygen atoms in total. The molecular formula is C16H15N3O2S. The van der Waals surface area contributed by atoms with Gasteiger partial charge in [-0.1, -0.05) is 42.5 Å². The molecular weight excluding hydrogens is 298 g/mol. The van der Waals surface area contributed by atoms with Crippen molar-refractivity contribution >= 4 is 27.0 Å². The Morgan fingerprint density at radius 2 is 1.68 bits per heavy atom. The highest BCUT2D eigenvalue weighted by Crippen LogP contribution is 2.30. The van der Waals surface area contributed by atoms with Gasteiger partial charge < -0.3 is 4.57 Å². The molecule has 0 saturated heterocycles. The Kier molecular flexibility index (Phi) is 2.94. The number of rotatable bonds is 3. The Hall–Kier alpha value is -2.34. The summed E-state index contributed by atoms with van der Waals surface area (Å²) in [4.78, 5) is 4.49. The number of imidazole rings is 1. The number of hydrogen-bond acceptors (Lipinski definition) is 3. The third-order valence-electron chi connectivity index (χ3n) is 3.91. The van der Waals surface area contributed by atoms with Crippen molar-refractivity contribution in [3.63, 3.8) is 0 Å². The second-order valence-corrected chi connectivity index (χ2v) is 7.26. The lowest BCUT2D eigenvalue weighted by atomic mass is 10.2. The number of nitrogens with zero attached hydrogens (tertiary/aromatic N) is 3. The van der Waals surface area contributed by atoms with Gasteiger partial charge in [-0.25, -0.2) is 17.7 Å². The Balaban J connectivity index is 1.73. The number of para-hydroxylation sites is 2. The largest absolute Gasteiger partial charge is 0.307 e. The van der Waals surface area contributed by atoms with Crippen LogP contribution >= 0.6 is 0 Å². The molecule has 3 aromatic rings. The van der Waals surface area contributed by atoms with Crippen molar-refractivity contribution in [2.75, 3.05) is 10.8 Å². The van der Waals surface area contributed by atoms with Crippen LogP contribution in [0.5, 0.6) is 0 Å². The standard InChI is InChI=1S/C16H15N3O2S/c20-22(21,12-13-6-2-1-3-7-13)19-11-10-18-15-9-5-4-8-14(15)17-16(18)19/h1-9H,10-12H2. The van der Waals surface area contributed by atoms with Crippen LogP contribution in [0.25, 0.3) is 11.0 Å². The fourth-order valence-corrected chi connectivity index (χ4v) is 4.41. The number of fused-ring (bicyclic) bond motifs is 3. The van der Waals surface area contributed by atoms with E-state index in [4.69, 9.17) is 0 Å². The molecule has 4 rings (SSSR count). The number of hydrogen-bond donors (Lipinski definition) is 0. The molecule has 0 atom stereocenters. The van der Waals surface area contributed by atoms with Crippen LogP contribution in [-0.2, 0) is 22.3 Å². The van der Waals surface area contributed by atoms with Crippen molar-refractivity contribution in [1.82, 2.24) is 9.55 Å². The van der Waals surface area contributed by atoms with E-state index >= 15 is 0 Å². The molecule has 2 aromatic carbocycles. The zero-order valence-electron chi connectivity index (χ0n) is 11.9. The van der Waals surface area contributed by atoms with E-state index in [0.29, 0.717) is 19.0 Å². The van der Waals surface area contributed by atoms with Crippen LogP contribution in [0, 0.1) is 0 Å². The summed E-state index contributed by atoms with van der Waals surface area (Å²) in [6, 6.07) is 17.0. The maximum absolute atomic E-state index is 12.7. The summed E-state index contributed by atoms with van der Waals surface area (Å²) in [5.41, 5.74) is 2.60. The van der Waals surface area contributed by atoms with Crippen molar-refractivity contribution < 1.29 is 8.42 Å². The average molecular weight is 313 g/mol. The Morgan fingerprint density at radius 1 is 0.955 bits per heavy atom. The quantitative estimate of drug-likeness (QED) is 0.746. The summed E-state index contributed by atoms with van der Waals surface area (Å²) in [6.45, 7) is 1.09. The summed E-state index contributed by atoms with van der Waals surface area (Å²) < 4.78 is 28.8. The monoisotopic (exact) mass is 313 g/mol. The minimum absolute atomic E-state index is 0.00293. The van der Waals surface area contributed by atoms with Crippen molar-refractivity contribution in [2.24, 2.45) is 0 Å². The fraction of sp³-hybridized carbons (Fsp3) is 0.188.